The zero-order valence-electron chi connectivity index (χ0n) is 11.3. The second kappa shape index (κ2) is 6.48. The highest BCUT2D eigenvalue weighted by Gasteiger charge is 2.45. The zero-order chi connectivity index (χ0) is 15.6. The molecular weight excluding hydrogens is 285 g/mol. The molecule has 1 saturated heterocycles. The summed E-state index contributed by atoms with van der Waals surface area (Å²) >= 11 is 0. The van der Waals surface area contributed by atoms with Crippen LogP contribution in [0.25, 0.3) is 0 Å². The summed E-state index contributed by atoms with van der Waals surface area (Å²) in [6.07, 6.45) is -4.36. The lowest BCUT2D eigenvalue weighted by atomic mass is 10.1. The van der Waals surface area contributed by atoms with Crippen LogP contribution in [0.1, 0.15) is 12.6 Å². The van der Waals surface area contributed by atoms with E-state index >= 15 is 0 Å². The molecule has 1 fully saturated rings. The molecule has 2 rings (SSSR count). The van der Waals surface area contributed by atoms with E-state index in [2.05, 4.69) is 0 Å². The molecule has 0 aliphatic carbocycles. The van der Waals surface area contributed by atoms with Crippen molar-refractivity contribution in [3.8, 4) is 0 Å². The van der Waals surface area contributed by atoms with Crippen LogP contribution in [0.15, 0.2) is 21.9 Å². The minimum atomic E-state index is -1.87. The van der Waals surface area contributed by atoms with Crippen LogP contribution >= 0.6 is 0 Å². The molecule has 21 heavy (non-hydrogen) atoms. The van der Waals surface area contributed by atoms with Crippen molar-refractivity contribution >= 4 is 0 Å². The van der Waals surface area contributed by atoms with Gasteiger partial charge in [0.2, 0.25) is 0 Å². The summed E-state index contributed by atoms with van der Waals surface area (Å²) in [5.41, 5.74) is 4.09. The Balaban J connectivity index is 2.37. The summed E-state index contributed by atoms with van der Waals surface area (Å²) in [7, 11) is 0. The third-order valence-electron chi connectivity index (χ3n) is 3.43. The minimum Gasteiger partial charge on any atom is -0.394 e. The Morgan fingerprint density at radius 1 is 1.43 bits per heavy atom. The Morgan fingerprint density at radius 3 is 2.71 bits per heavy atom. The number of hydrogen-bond acceptors (Lipinski definition) is 6. The van der Waals surface area contributed by atoms with E-state index < -0.39 is 42.5 Å². The number of ether oxygens (including phenoxy) is 1. The van der Waals surface area contributed by atoms with E-state index in [1.165, 1.54) is 0 Å². The van der Waals surface area contributed by atoms with E-state index in [0.717, 1.165) is 21.4 Å². The van der Waals surface area contributed by atoms with E-state index in [1.807, 2.05) is 0 Å². The number of alkyl halides is 1. The first-order chi connectivity index (χ1) is 10.0. The molecule has 9 heteroatoms. The lowest BCUT2D eigenvalue weighted by Crippen LogP contribution is -2.42. The largest absolute Gasteiger partial charge is 0.394 e. The van der Waals surface area contributed by atoms with Crippen LogP contribution in [0.4, 0.5) is 4.39 Å². The molecular formula is C12H18FN3O5. The molecule has 4 atom stereocenters. The van der Waals surface area contributed by atoms with Gasteiger partial charge in [0.25, 0.3) is 5.56 Å². The fraction of sp³-hybridized carbons (Fsp3) is 0.667. The van der Waals surface area contributed by atoms with Gasteiger partial charge in [-0.3, -0.25) is 13.9 Å². The Labute approximate surface area is 119 Å². The van der Waals surface area contributed by atoms with Crippen molar-refractivity contribution in [3.05, 3.63) is 33.1 Å². The highest BCUT2D eigenvalue weighted by Crippen LogP contribution is 2.30. The molecule has 8 nitrogen and oxygen atoms in total. The van der Waals surface area contributed by atoms with Gasteiger partial charge in [-0.15, -0.1) is 0 Å². The average Bonchev–Trinajstić information content (AvgIpc) is 2.75. The van der Waals surface area contributed by atoms with E-state index in [1.54, 1.807) is 0 Å². The number of hydrogen-bond donors (Lipinski definition) is 3. The number of nitrogens with zero attached hydrogens (tertiary/aromatic N) is 2. The quantitative estimate of drug-likeness (QED) is 0.576. The topological polar surface area (TPSA) is 120 Å². The number of nitrogens with two attached hydrogens (primary N) is 1. The summed E-state index contributed by atoms with van der Waals surface area (Å²) in [4.78, 5) is 23.9. The van der Waals surface area contributed by atoms with Gasteiger partial charge in [0, 0.05) is 18.8 Å². The summed E-state index contributed by atoms with van der Waals surface area (Å²) in [6, 6.07) is 1.12. The second-order valence-electron chi connectivity index (χ2n) is 4.82. The number of rotatable bonds is 5. The molecule has 2 heterocycles. The standard InChI is InChI=1S/C12H18FN3O5/c13-9-10(19)7(6-17)21-11(9)16-5-2-8(18)15(12(16)20)4-1-3-14/h2,5,7,9-11,17,19H,1,3-4,6,14H2/t7-,9-,10-,11-/m1/s1. The molecule has 1 aliphatic rings. The Kier molecular flexibility index (Phi) is 4.88. The first-order valence-electron chi connectivity index (χ1n) is 6.61. The third kappa shape index (κ3) is 2.91. The minimum absolute atomic E-state index is 0.116. The fourth-order valence-corrected chi connectivity index (χ4v) is 2.26. The Hall–Kier alpha value is -1.55. The molecule has 0 aromatic carbocycles. The van der Waals surface area contributed by atoms with Gasteiger partial charge in [0.1, 0.15) is 12.2 Å². The van der Waals surface area contributed by atoms with Gasteiger partial charge in [-0.05, 0) is 13.0 Å². The number of halogens is 1. The predicted molar refractivity (Wildman–Crippen MR) is 70.5 cm³/mol. The van der Waals surface area contributed by atoms with Gasteiger partial charge < -0.3 is 20.7 Å². The zero-order valence-corrected chi connectivity index (χ0v) is 11.3. The smallest absolute Gasteiger partial charge is 0.333 e. The van der Waals surface area contributed by atoms with Crippen molar-refractivity contribution in [2.75, 3.05) is 13.2 Å². The summed E-state index contributed by atoms with van der Waals surface area (Å²) < 4.78 is 21.0. The highest BCUT2D eigenvalue weighted by atomic mass is 19.1. The van der Waals surface area contributed by atoms with Crippen LogP contribution in [0.5, 0.6) is 0 Å². The molecule has 4 N–H and O–H groups in total. The number of aliphatic hydroxyl groups is 2. The first-order valence-corrected chi connectivity index (χ1v) is 6.61. The van der Waals surface area contributed by atoms with E-state index in [9.17, 15) is 19.1 Å². The van der Waals surface area contributed by atoms with Crippen LogP contribution in [0.3, 0.4) is 0 Å². The molecule has 1 aliphatic heterocycles. The maximum absolute atomic E-state index is 14.0. The Morgan fingerprint density at radius 2 is 2.14 bits per heavy atom. The molecule has 1 aromatic heterocycles. The van der Waals surface area contributed by atoms with E-state index in [-0.39, 0.29) is 6.54 Å². The Bertz CT molecular complexity index is 601. The first kappa shape index (κ1) is 15.8. The second-order valence-corrected chi connectivity index (χ2v) is 4.82. The van der Waals surface area contributed by atoms with Gasteiger partial charge in [-0.1, -0.05) is 0 Å². The molecule has 0 radical (unpaired) electrons. The van der Waals surface area contributed by atoms with Crippen molar-refractivity contribution in [2.45, 2.75) is 37.6 Å². The van der Waals surface area contributed by atoms with Crippen LogP contribution in [-0.2, 0) is 11.3 Å². The SMILES string of the molecule is NCCCn1c(=O)ccn([C@@H]2O[C@H](CO)[C@@H](O)[C@H]2F)c1=O. The normalized spacial score (nSPS) is 29.0. The van der Waals surface area contributed by atoms with Gasteiger partial charge >= 0.3 is 5.69 Å². The van der Waals surface area contributed by atoms with Crippen LogP contribution < -0.4 is 17.0 Å². The number of aliphatic hydroxyl groups excluding tert-OH is 2. The molecule has 0 unspecified atom stereocenters. The van der Waals surface area contributed by atoms with Crippen molar-refractivity contribution in [1.82, 2.24) is 9.13 Å². The summed E-state index contributed by atoms with van der Waals surface area (Å²) in [6.45, 7) is -0.151. The van der Waals surface area contributed by atoms with Crippen molar-refractivity contribution in [2.24, 2.45) is 5.73 Å². The number of aromatic nitrogens is 2. The van der Waals surface area contributed by atoms with Crippen molar-refractivity contribution < 1.29 is 19.3 Å². The maximum Gasteiger partial charge on any atom is 0.333 e. The van der Waals surface area contributed by atoms with Crippen LogP contribution in [0.2, 0.25) is 0 Å². The average molecular weight is 303 g/mol. The van der Waals surface area contributed by atoms with Gasteiger partial charge in [0.05, 0.1) is 6.61 Å². The highest BCUT2D eigenvalue weighted by molar-refractivity contribution is 4.94. The van der Waals surface area contributed by atoms with Gasteiger partial charge in [-0.25, -0.2) is 9.18 Å². The van der Waals surface area contributed by atoms with Gasteiger partial charge in [0.15, 0.2) is 12.4 Å². The van der Waals surface area contributed by atoms with E-state index in [4.69, 9.17) is 15.6 Å². The van der Waals surface area contributed by atoms with Crippen molar-refractivity contribution in [3.63, 3.8) is 0 Å². The maximum atomic E-state index is 14.0. The van der Waals surface area contributed by atoms with E-state index in [0.29, 0.717) is 13.0 Å². The van der Waals surface area contributed by atoms with Crippen molar-refractivity contribution in [1.29, 1.82) is 0 Å². The van der Waals surface area contributed by atoms with Gasteiger partial charge in [-0.2, -0.15) is 0 Å². The molecule has 1 aromatic rings. The van der Waals surface area contributed by atoms with Crippen LogP contribution in [0, 0.1) is 0 Å². The summed E-state index contributed by atoms with van der Waals surface area (Å²) in [5, 5.41) is 18.6. The molecule has 0 spiro atoms. The fourth-order valence-electron chi connectivity index (χ4n) is 2.26. The molecule has 0 amide bonds. The lowest BCUT2D eigenvalue weighted by Gasteiger charge is -2.17. The molecule has 0 saturated carbocycles. The molecule has 118 valence electrons. The predicted octanol–water partition coefficient (Wildman–Crippen LogP) is -2.05. The monoisotopic (exact) mass is 303 g/mol. The van der Waals surface area contributed by atoms with Crippen LogP contribution in [-0.4, -0.2) is 50.9 Å². The molecule has 0 bridgehead atoms. The third-order valence-corrected chi connectivity index (χ3v) is 3.43. The summed E-state index contributed by atoms with van der Waals surface area (Å²) in [5.74, 6) is 0. The lowest BCUT2D eigenvalue weighted by molar-refractivity contribution is -0.0496.